The summed E-state index contributed by atoms with van der Waals surface area (Å²) < 4.78 is 30.5. The summed E-state index contributed by atoms with van der Waals surface area (Å²) in [6.45, 7) is 2.27. The van der Waals surface area contributed by atoms with E-state index in [1.54, 1.807) is 48.5 Å². The lowest BCUT2D eigenvalue weighted by molar-refractivity contribution is -0.141. The Morgan fingerprint density at radius 3 is 2.53 bits per heavy atom. The Morgan fingerprint density at radius 1 is 1.19 bits per heavy atom. The van der Waals surface area contributed by atoms with Crippen LogP contribution in [0.15, 0.2) is 58.6 Å². The summed E-state index contributed by atoms with van der Waals surface area (Å²) in [6, 6.07) is 12.2. The number of hydrogen-bond donors (Lipinski definition) is 1. The monoisotopic (exact) mass is 519 g/mol. The van der Waals surface area contributed by atoms with E-state index in [1.165, 1.54) is 4.90 Å². The summed E-state index contributed by atoms with van der Waals surface area (Å²) in [7, 11) is -3.30. The van der Waals surface area contributed by atoms with Gasteiger partial charge in [-0.25, -0.2) is 8.42 Å². The van der Waals surface area contributed by atoms with E-state index in [4.69, 9.17) is 4.74 Å². The first-order valence-corrected chi connectivity index (χ1v) is 12.8. The molecular weight excluding hydrogens is 498 g/mol. The number of aliphatic hydroxyl groups is 1. The molecule has 9 heteroatoms. The van der Waals surface area contributed by atoms with Crippen molar-refractivity contribution in [3.05, 3.63) is 69.7 Å². The summed E-state index contributed by atoms with van der Waals surface area (Å²) in [6.07, 6.45) is 0.252. The molecule has 0 aromatic heterocycles. The lowest BCUT2D eigenvalue weighted by Gasteiger charge is -2.30. The fraction of sp³-hybridized carbons (Fsp3) is 0.304. The fourth-order valence-corrected chi connectivity index (χ4v) is 6.22. The molecule has 2 heterocycles. The number of ether oxygens (including phenoxy) is 1. The number of aliphatic hydroxyl groups excluding tert-OH is 1. The second kappa shape index (κ2) is 8.71. The maximum Gasteiger partial charge on any atom is 0.295 e. The number of Topliss-reactive ketones (excluding diaryl/α,β-unsaturated/α-hetero) is 1. The van der Waals surface area contributed by atoms with Crippen molar-refractivity contribution in [1.82, 2.24) is 4.90 Å². The van der Waals surface area contributed by atoms with Crippen LogP contribution < -0.4 is 4.74 Å². The summed E-state index contributed by atoms with van der Waals surface area (Å²) in [5.74, 6) is -1.67. The number of rotatable bonds is 5. The third kappa shape index (κ3) is 4.19. The minimum atomic E-state index is -3.30. The van der Waals surface area contributed by atoms with Gasteiger partial charge >= 0.3 is 0 Å². The molecule has 7 nitrogen and oxygen atoms in total. The van der Waals surface area contributed by atoms with Gasteiger partial charge in [0.2, 0.25) is 0 Å². The van der Waals surface area contributed by atoms with E-state index >= 15 is 0 Å². The Bertz CT molecular complexity index is 1210. The standard InChI is InChI=1S/C23H22BrNO6S/c1-2-31-18-5-3-4-15(12-18)21(26)19-20(14-6-8-16(24)9-7-14)25(23(28)22(19)27)17-10-11-32(29,30)13-17/h3-9,12,17,20,26H,2,10-11,13H2,1H3. The van der Waals surface area contributed by atoms with Gasteiger partial charge in [-0.1, -0.05) is 40.2 Å². The Morgan fingerprint density at radius 2 is 1.91 bits per heavy atom. The van der Waals surface area contributed by atoms with E-state index in [1.807, 2.05) is 6.92 Å². The molecule has 0 bridgehead atoms. The van der Waals surface area contributed by atoms with Crippen LogP contribution in [0.3, 0.4) is 0 Å². The number of likely N-dealkylation sites (tertiary alicyclic amines) is 1. The Kier molecular flexibility index (Phi) is 6.13. The normalized spacial score (nSPS) is 24.1. The molecule has 0 spiro atoms. The molecule has 2 aromatic rings. The van der Waals surface area contributed by atoms with Gasteiger partial charge in [-0.2, -0.15) is 0 Å². The number of halogens is 1. The van der Waals surface area contributed by atoms with Crippen molar-refractivity contribution in [2.24, 2.45) is 0 Å². The minimum absolute atomic E-state index is 0.0376. The Balaban J connectivity index is 1.87. The van der Waals surface area contributed by atoms with Crippen LogP contribution in [-0.4, -0.2) is 54.3 Å². The average molecular weight is 520 g/mol. The fourth-order valence-electron chi connectivity index (χ4n) is 4.25. The molecule has 1 amide bonds. The highest BCUT2D eigenvalue weighted by atomic mass is 79.9. The molecular formula is C23H22BrNO6S. The molecule has 4 rings (SSSR count). The lowest BCUT2D eigenvalue weighted by Crippen LogP contribution is -2.40. The molecule has 2 saturated heterocycles. The number of carbonyl (C=O) groups excluding carboxylic acids is 2. The van der Waals surface area contributed by atoms with E-state index < -0.39 is 33.6 Å². The van der Waals surface area contributed by atoms with Gasteiger partial charge in [-0.3, -0.25) is 9.59 Å². The number of ketones is 1. The van der Waals surface area contributed by atoms with Gasteiger partial charge in [0.05, 0.1) is 29.7 Å². The van der Waals surface area contributed by atoms with Crippen LogP contribution in [0.4, 0.5) is 0 Å². The van der Waals surface area contributed by atoms with Gasteiger partial charge in [0.25, 0.3) is 11.7 Å². The van der Waals surface area contributed by atoms with Crippen molar-refractivity contribution in [1.29, 1.82) is 0 Å². The molecule has 1 N–H and O–H groups in total. The number of hydrogen-bond acceptors (Lipinski definition) is 6. The van der Waals surface area contributed by atoms with Crippen molar-refractivity contribution in [3.8, 4) is 5.75 Å². The van der Waals surface area contributed by atoms with Crippen LogP contribution in [0.25, 0.3) is 5.76 Å². The summed E-state index contributed by atoms with van der Waals surface area (Å²) in [4.78, 5) is 27.5. The third-order valence-electron chi connectivity index (χ3n) is 5.69. The van der Waals surface area contributed by atoms with Crippen molar-refractivity contribution in [2.75, 3.05) is 18.1 Å². The third-order valence-corrected chi connectivity index (χ3v) is 7.97. The van der Waals surface area contributed by atoms with Crippen molar-refractivity contribution in [3.63, 3.8) is 0 Å². The summed E-state index contributed by atoms with van der Waals surface area (Å²) in [5, 5.41) is 11.1. The molecule has 0 radical (unpaired) electrons. The highest BCUT2D eigenvalue weighted by molar-refractivity contribution is 9.10. The van der Waals surface area contributed by atoms with Crippen molar-refractivity contribution in [2.45, 2.75) is 25.4 Å². The van der Waals surface area contributed by atoms with Crippen LogP contribution in [-0.2, 0) is 19.4 Å². The first kappa shape index (κ1) is 22.5. The molecule has 2 aromatic carbocycles. The van der Waals surface area contributed by atoms with Gasteiger partial charge in [0.1, 0.15) is 11.5 Å². The number of sulfone groups is 1. The number of amides is 1. The first-order valence-electron chi connectivity index (χ1n) is 10.2. The molecule has 2 atom stereocenters. The van der Waals surface area contributed by atoms with Crippen molar-refractivity contribution >= 4 is 43.2 Å². The number of carbonyl (C=O) groups is 2. The maximum atomic E-state index is 13.1. The second-order valence-electron chi connectivity index (χ2n) is 7.78. The van der Waals surface area contributed by atoms with Crippen LogP contribution in [0.2, 0.25) is 0 Å². The van der Waals surface area contributed by atoms with E-state index in [0.29, 0.717) is 23.5 Å². The predicted octanol–water partition coefficient (Wildman–Crippen LogP) is 3.46. The maximum absolute atomic E-state index is 13.1. The van der Waals surface area contributed by atoms with Gasteiger partial charge in [0, 0.05) is 16.1 Å². The number of benzene rings is 2. The van der Waals surface area contributed by atoms with Crippen molar-refractivity contribution < 1.29 is 27.9 Å². The van der Waals surface area contributed by atoms with Crippen LogP contribution in [0.5, 0.6) is 5.75 Å². The quantitative estimate of drug-likeness (QED) is 0.368. The molecule has 168 valence electrons. The predicted molar refractivity (Wildman–Crippen MR) is 123 cm³/mol. The number of nitrogens with zero attached hydrogens (tertiary/aromatic N) is 1. The minimum Gasteiger partial charge on any atom is -0.507 e. The zero-order valence-corrected chi connectivity index (χ0v) is 19.7. The largest absolute Gasteiger partial charge is 0.507 e. The molecule has 0 aliphatic carbocycles. The second-order valence-corrected chi connectivity index (χ2v) is 10.9. The average Bonchev–Trinajstić information content (AvgIpc) is 3.25. The molecule has 2 aliphatic heterocycles. The smallest absolute Gasteiger partial charge is 0.295 e. The van der Waals surface area contributed by atoms with Crippen LogP contribution >= 0.6 is 15.9 Å². The SMILES string of the molecule is CCOc1cccc(C(O)=C2C(=O)C(=O)N(C3CCS(=O)(=O)C3)C2c2ccc(Br)cc2)c1. The molecule has 2 fully saturated rings. The van der Waals surface area contributed by atoms with Gasteiger partial charge < -0.3 is 14.7 Å². The summed E-state index contributed by atoms with van der Waals surface area (Å²) in [5.41, 5.74) is 0.893. The van der Waals surface area contributed by atoms with Gasteiger partial charge in [0.15, 0.2) is 9.84 Å². The van der Waals surface area contributed by atoms with Crippen LogP contribution in [0, 0.1) is 0 Å². The zero-order chi connectivity index (χ0) is 23.0. The van der Waals surface area contributed by atoms with E-state index in [0.717, 1.165) is 4.47 Å². The Hall–Kier alpha value is -2.65. The highest BCUT2D eigenvalue weighted by Crippen LogP contribution is 2.42. The first-order chi connectivity index (χ1) is 15.2. The molecule has 32 heavy (non-hydrogen) atoms. The molecule has 2 aliphatic rings. The van der Waals surface area contributed by atoms with E-state index in [9.17, 15) is 23.1 Å². The van der Waals surface area contributed by atoms with Gasteiger partial charge in [-0.15, -0.1) is 0 Å². The highest BCUT2D eigenvalue weighted by Gasteiger charge is 2.50. The van der Waals surface area contributed by atoms with Gasteiger partial charge in [-0.05, 0) is 43.2 Å². The molecule has 0 saturated carbocycles. The van der Waals surface area contributed by atoms with E-state index in [-0.39, 0.29) is 29.3 Å². The molecule has 2 unspecified atom stereocenters. The van der Waals surface area contributed by atoms with Crippen LogP contribution in [0.1, 0.15) is 30.5 Å². The topological polar surface area (TPSA) is 101 Å². The Labute approximate surface area is 194 Å². The lowest BCUT2D eigenvalue weighted by atomic mass is 9.94. The zero-order valence-electron chi connectivity index (χ0n) is 17.3. The van der Waals surface area contributed by atoms with E-state index in [2.05, 4.69) is 15.9 Å². The summed E-state index contributed by atoms with van der Waals surface area (Å²) >= 11 is 3.38.